The Morgan fingerprint density at radius 2 is 1.69 bits per heavy atom. The lowest BCUT2D eigenvalue weighted by Crippen LogP contribution is -2.09. The van der Waals surface area contributed by atoms with E-state index in [1.807, 2.05) is 12.1 Å². The van der Waals surface area contributed by atoms with Crippen LogP contribution in [0.25, 0.3) is 33.1 Å². The summed E-state index contributed by atoms with van der Waals surface area (Å²) in [5.41, 5.74) is 1.93. The molecule has 0 aliphatic heterocycles. The fourth-order valence-corrected chi connectivity index (χ4v) is 4.72. The molecule has 0 bridgehead atoms. The number of nitrogens with two attached hydrogens (primary N) is 1. The number of alkyl halides is 3. The van der Waals surface area contributed by atoms with Crippen LogP contribution in [0.5, 0.6) is 0 Å². The minimum absolute atomic E-state index is 0.0572. The van der Waals surface area contributed by atoms with Crippen molar-refractivity contribution in [1.29, 1.82) is 0 Å². The van der Waals surface area contributed by atoms with Crippen molar-refractivity contribution in [3.05, 3.63) is 72.2 Å². The van der Waals surface area contributed by atoms with Crippen LogP contribution in [0.2, 0.25) is 0 Å². The number of nitrogens with zero attached hydrogens (tertiary/aromatic N) is 3. The van der Waals surface area contributed by atoms with Crippen LogP contribution in [0, 0.1) is 6.92 Å². The number of benzene rings is 1. The average molecular weight is 477 g/mol. The molecule has 32 heavy (non-hydrogen) atoms. The quantitative estimate of drug-likeness (QED) is 0.451. The van der Waals surface area contributed by atoms with Crippen LogP contribution >= 0.6 is 11.3 Å². The summed E-state index contributed by atoms with van der Waals surface area (Å²) >= 11 is 1.05. The highest BCUT2D eigenvalue weighted by molar-refractivity contribution is 7.91. The van der Waals surface area contributed by atoms with Crippen LogP contribution < -0.4 is 5.14 Å². The Morgan fingerprint density at radius 1 is 0.938 bits per heavy atom. The first kappa shape index (κ1) is 22.1. The van der Waals surface area contributed by atoms with E-state index < -0.39 is 21.9 Å². The molecule has 0 aliphatic carbocycles. The number of rotatable bonds is 4. The number of pyridine rings is 1. The summed E-state index contributed by atoms with van der Waals surface area (Å²) < 4.78 is 61.5. The summed E-state index contributed by atoms with van der Waals surface area (Å²) in [4.78, 5) is 13.1. The van der Waals surface area contributed by atoms with E-state index in [1.54, 1.807) is 31.2 Å². The summed E-state index contributed by atoms with van der Waals surface area (Å²) in [6.07, 6.45) is -3.39. The fraction of sp³-hybridized carbons (Fsp3) is 0.0952. The zero-order valence-electron chi connectivity index (χ0n) is 16.5. The molecule has 6 nitrogen and oxygen atoms in total. The molecule has 0 radical (unpaired) electrons. The Bertz CT molecular complexity index is 1400. The van der Waals surface area contributed by atoms with Crippen LogP contribution in [0.1, 0.15) is 11.4 Å². The maximum absolute atomic E-state index is 12.8. The Hall–Kier alpha value is -3.15. The normalized spacial score (nSPS) is 12.2. The standard InChI is InChI=1S/C21H15F3N4O2S2/c1-12-9-16(15-5-7-18(26-11-15)21(22,23)24)28-20(27-12)14-4-2-3-13(10-14)17-6-8-19(31-17)32(25,29)30/h2-11H,1H3,(H2,25,29,30). The van der Waals surface area contributed by atoms with E-state index in [9.17, 15) is 21.6 Å². The lowest BCUT2D eigenvalue weighted by Gasteiger charge is -2.09. The van der Waals surface area contributed by atoms with Crippen molar-refractivity contribution in [3.8, 4) is 33.1 Å². The summed E-state index contributed by atoms with van der Waals surface area (Å²) in [5, 5.41) is 5.19. The van der Waals surface area contributed by atoms with Gasteiger partial charge in [0.1, 0.15) is 9.90 Å². The molecule has 0 amide bonds. The summed E-state index contributed by atoms with van der Waals surface area (Å²) in [6, 6.07) is 14.2. The molecular formula is C21H15F3N4O2S2. The SMILES string of the molecule is Cc1cc(-c2ccc(C(F)(F)F)nc2)nc(-c2cccc(-c3ccc(S(N)(=O)=O)s3)c2)n1. The molecule has 0 fully saturated rings. The predicted molar refractivity (Wildman–Crippen MR) is 115 cm³/mol. The zero-order chi connectivity index (χ0) is 23.1. The van der Waals surface area contributed by atoms with Crippen LogP contribution in [0.15, 0.2) is 65.0 Å². The molecule has 164 valence electrons. The maximum Gasteiger partial charge on any atom is 0.433 e. The van der Waals surface area contributed by atoms with Gasteiger partial charge in [-0.1, -0.05) is 18.2 Å². The van der Waals surface area contributed by atoms with Crippen molar-refractivity contribution in [2.45, 2.75) is 17.3 Å². The molecule has 0 saturated heterocycles. The van der Waals surface area contributed by atoms with E-state index in [-0.39, 0.29) is 4.21 Å². The molecule has 3 aromatic heterocycles. The number of aryl methyl sites for hydroxylation is 1. The van der Waals surface area contributed by atoms with E-state index in [0.29, 0.717) is 33.2 Å². The zero-order valence-corrected chi connectivity index (χ0v) is 18.1. The summed E-state index contributed by atoms with van der Waals surface area (Å²) in [5.74, 6) is 0.380. The second kappa shape index (κ2) is 8.08. The molecule has 4 rings (SSSR count). The Morgan fingerprint density at radius 3 is 2.31 bits per heavy atom. The largest absolute Gasteiger partial charge is 0.433 e. The van der Waals surface area contributed by atoms with Crippen molar-refractivity contribution >= 4 is 21.4 Å². The van der Waals surface area contributed by atoms with Gasteiger partial charge >= 0.3 is 6.18 Å². The topological polar surface area (TPSA) is 98.8 Å². The van der Waals surface area contributed by atoms with Gasteiger partial charge in [-0.05, 0) is 48.9 Å². The van der Waals surface area contributed by atoms with E-state index in [0.717, 1.165) is 29.2 Å². The van der Waals surface area contributed by atoms with Crippen molar-refractivity contribution in [2.24, 2.45) is 5.14 Å². The van der Waals surface area contributed by atoms with Gasteiger partial charge in [-0.15, -0.1) is 11.3 Å². The Balaban J connectivity index is 1.71. The van der Waals surface area contributed by atoms with Crippen LogP contribution in [0.3, 0.4) is 0 Å². The number of halogens is 3. The van der Waals surface area contributed by atoms with Gasteiger partial charge in [-0.3, -0.25) is 4.98 Å². The van der Waals surface area contributed by atoms with Crippen LogP contribution in [-0.2, 0) is 16.2 Å². The van der Waals surface area contributed by atoms with E-state index in [1.165, 1.54) is 12.1 Å². The lowest BCUT2D eigenvalue weighted by molar-refractivity contribution is -0.141. The minimum Gasteiger partial charge on any atom is -0.251 e. The average Bonchev–Trinajstić information content (AvgIpc) is 3.24. The number of sulfonamides is 1. The van der Waals surface area contributed by atoms with Gasteiger partial charge in [-0.2, -0.15) is 13.2 Å². The van der Waals surface area contributed by atoms with Crippen molar-refractivity contribution < 1.29 is 21.6 Å². The first-order chi connectivity index (χ1) is 15.0. The number of hydrogen-bond acceptors (Lipinski definition) is 6. The number of thiophene rings is 1. The van der Waals surface area contributed by atoms with Crippen molar-refractivity contribution in [1.82, 2.24) is 15.0 Å². The molecule has 0 unspecified atom stereocenters. The molecule has 0 atom stereocenters. The summed E-state index contributed by atoms with van der Waals surface area (Å²) in [6.45, 7) is 1.76. The highest BCUT2D eigenvalue weighted by Gasteiger charge is 2.32. The highest BCUT2D eigenvalue weighted by Crippen LogP contribution is 2.33. The van der Waals surface area contributed by atoms with E-state index in [4.69, 9.17) is 5.14 Å². The van der Waals surface area contributed by atoms with Crippen LogP contribution in [-0.4, -0.2) is 23.4 Å². The molecule has 0 aliphatic rings. The third-order valence-electron chi connectivity index (χ3n) is 4.47. The van der Waals surface area contributed by atoms with E-state index >= 15 is 0 Å². The highest BCUT2D eigenvalue weighted by atomic mass is 32.2. The molecule has 11 heteroatoms. The molecule has 0 spiro atoms. The number of hydrogen-bond donors (Lipinski definition) is 1. The first-order valence-corrected chi connectivity index (χ1v) is 11.5. The fourth-order valence-electron chi connectivity index (χ4n) is 3.00. The molecular weight excluding hydrogens is 461 g/mol. The van der Waals surface area contributed by atoms with Crippen molar-refractivity contribution in [3.63, 3.8) is 0 Å². The second-order valence-electron chi connectivity index (χ2n) is 6.89. The van der Waals surface area contributed by atoms with Gasteiger partial charge in [-0.25, -0.2) is 23.5 Å². The Labute approximate surface area is 185 Å². The first-order valence-electron chi connectivity index (χ1n) is 9.13. The molecule has 1 aromatic carbocycles. The summed E-state index contributed by atoms with van der Waals surface area (Å²) in [7, 11) is -3.79. The van der Waals surface area contributed by atoms with Crippen LogP contribution in [0.4, 0.5) is 13.2 Å². The monoisotopic (exact) mass is 476 g/mol. The van der Waals surface area contributed by atoms with E-state index in [2.05, 4.69) is 15.0 Å². The second-order valence-corrected chi connectivity index (χ2v) is 9.76. The molecule has 0 saturated carbocycles. The molecule has 2 N–H and O–H groups in total. The third kappa shape index (κ3) is 4.69. The van der Waals surface area contributed by atoms with Gasteiger partial charge in [0.05, 0.1) is 5.69 Å². The Kier molecular flexibility index (Phi) is 5.57. The van der Waals surface area contributed by atoms with Gasteiger partial charge < -0.3 is 0 Å². The molecule has 4 aromatic rings. The van der Waals surface area contributed by atoms with Gasteiger partial charge in [0.2, 0.25) is 10.0 Å². The third-order valence-corrected chi connectivity index (χ3v) is 7.04. The van der Waals surface area contributed by atoms with Gasteiger partial charge in [0, 0.05) is 27.9 Å². The predicted octanol–water partition coefficient (Wildman–Crippen LogP) is 4.91. The minimum atomic E-state index is -4.52. The smallest absolute Gasteiger partial charge is 0.251 e. The molecule has 3 heterocycles. The van der Waals surface area contributed by atoms with Gasteiger partial charge in [0.25, 0.3) is 0 Å². The van der Waals surface area contributed by atoms with Crippen molar-refractivity contribution in [2.75, 3.05) is 0 Å². The maximum atomic E-state index is 12.8. The number of aromatic nitrogens is 3. The van der Waals surface area contributed by atoms with Gasteiger partial charge in [0.15, 0.2) is 5.82 Å². The number of primary sulfonamides is 1. The lowest BCUT2D eigenvalue weighted by atomic mass is 10.1.